The topological polar surface area (TPSA) is 24.1 Å². The Hall–Kier alpha value is -0.510. The molecule has 0 aliphatic heterocycles. The normalized spacial score (nSPS) is 26.9. The molecule has 1 aromatic carbocycles. The summed E-state index contributed by atoms with van der Waals surface area (Å²) in [5, 5.41) is 8.94. The molecular weight excluding hydrogens is 323 g/mol. The minimum atomic E-state index is 0.586. The zero-order chi connectivity index (χ0) is 14.8. The Morgan fingerprint density at radius 3 is 2.76 bits per heavy atom. The SMILES string of the molecule is S=C(NCCc1ccc(Cl)cc1Cl)N[C@H]1C[C@@H]2CC[C@H]1C2. The van der Waals surface area contributed by atoms with Crippen molar-refractivity contribution in [3.63, 3.8) is 0 Å². The first-order chi connectivity index (χ1) is 10.1. The number of fused-ring (bicyclic) bond motifs is 2. The van der Waals surface area contributed by atoms with E-state index in [-0.39, 0.29) is 0 Å². The molecule has 0 amide bonds. The molecule has 2 aliphatic rings. The molecule has 5 heteroatoms. The van der Waals surface area contributed by atoms with Crippen LogP contribution in [0.3, 0.4) is 0 Å². The molecule has 3 atom stereocenters. The van der Waals surface area contributed by atoms with Crippen molar-refractivity contribution in [1.29, 1.82) is 0 Å². The summed E-state index contributed by atoms with van der Waals surface area (Å²) in [7, 11) is 0. The van der Waals surface area contributed by atoms with Gasteiger partial charge in [0.05, 0.1) is 0 Å². The first-order valence-electron chi connectivity index (χ1n) is 7.60. The molecule has 0 radical (unpaired) electrons. The van der Waals surface area contributed by atoms with Gasteiger partial charge < -0.3 is 10.6 Å². The molecule has 0 unspecified atom stereocenters. The van der Waals surface area contributed by atoms with Crippen molar-refractivity contribution >= 4 is 40.5 Å². The smallest absolute Gasteiger partial charge is 0.166 e. The number of benzene rings is 1. The van der Waals surface area contributed by atoms with Gasteiger partial charge in [-0.3, -0.25) is 0 Å². The Morgan fingerprint density at radius 1 is 1.24 bits per heavy atom. The number of thiocarbonyl (C=S) groups is 1. The predicted molar refractivity (Wildman–Crippen MR) is 93.1 cm³/mol. The second-order valence-corrected chi connectivity index (χ2v) is 7.42. The maximum absolute atomic E-state index is 6.16. The van der Waals surface area contributed by atoms with E-state index in [1.165, 1.54) is 25.7 Å². The Labute approximate surface area is 141 Å². The summed E-state index contributed by atoms with van der Waals surface area (Å²) in [4.78, 5) is 0. The molecule has 0 aromatic heterocycles. The first kappa shape index (κ1) is 15.4. The van der Waals surface area contributed by atoms with Crippen LogP contribution < -0.4 is 10.6 Å². The van der Waals surface area contributed by atoms with Gasteiger partial charge in [-0.1, -0.05) is 35.7 Å². The Morgan fingerprint density at radius 2 is 2.10 bits per heavy atom. The number of halogens is 2. The van der Waals surface area contributed by atoms with Gasteiger partial charge in [-0.2, -0.15) is 0 Å². The van der Waals surface area contributed by atoms with E-state index in [1.54, 1.807) is 6.07 Å². The fourth-order valence-electron chi connectivity index (χ4n) is 3.68. The zero-order valence-electron chi connectivity index (χ0n) is 11.9. The lowest BCUT2D eigenvalue weighted by atomic mass is 9.96. The van der Waals surface area contributed by atoms with E-state index in [2.05, 4.69) is 10.6 Å². The van der Waals surface area contributed by atoms with Gasteiger partial charge in [-0.15, -0.1) is 0 Å². The van der Waals surface area contributed by atoms with E-state index < -0.39 is 0 Å². The Bertz CT molecular complexity index is 535. The van der Waals surface area contributed by atoms with Gasteiger partial charge in [0.2, 0.25) is 0 Å². The summed E-state index contributed by atoms with van der Waals surface area (Å²) in [6, 6.07) is 6.21. The standard InChI is InChI=1S/C16H20Cl2N2S/c17-13-4-3-11(14(18)9-13)5-6-19-16(21)20-15-8-10-1-2-12(15)7-10/h3-4,9-10,12,15H,1-2,5-8H2,(H2,19,20,21)/t10-,12+,15+/m1/s1. The minimum Gasteiger partial charge on any atom is -0.362 e. The predicted octanol–water partition coefficient (Wildman–Crippen LogP) is 4.19. The summed E-state index contributed by atoms with van der Waals surface area (Å²) in [6.07, 6.45) is 6.30. The van der Waals surface area contributed by atoms with E-state index in [0.29, 0.717) is 11.1 Å². The van der Waals surface area contributed by atoms with Crippen LogP contribution in [0.2, 0.25) is 10.0 Å². The second-order valence-electron chi connectivity index (χ2n) is 6.17. The van der Waals surface area contributed by atoms with Crippen LogP contribution in [0.4, 0.5) is 0 Å². The highest BCUT2D eigenvalue weighted by molar-refractivity contribution is 7.80. The van der Waals surface area contributed by atoms with Crippen molar-refractivity contribution in [3.8, 4) is 0 Å². The van der Waals surface area contributed by atoms with E-state index in [1.807, 2.05) is 12.1 Å². The molecule has 2 N–H and O–H groups in total. The van der Waals surface area contributed by atoms with Gasteiger partial charge >= 0.3 is 0 Å². The number of nitrogens with one attached hydrogen (secondary N) is 2. The summed E-state index contributed by atoms with van der Waals surface area (Å²) in [5.41, 5.74) is 1.09. The lowest BCUT2D eigenvalue weighted by Gasteiger charge is -2.24. The average molecular weight is 343 g/mol. The molecule has 21 heavy (non-hydrogen) atoms. The lowest BCUT2D eigenvalue weighted by molar-refractivity contribution is 0.389. The lowest BCUT2D eigenvalue weighted by Crippen LogP contribution is -2.44. The number of hydrogen-bond acceptors (Lipinski definition) is 1. The highest BCUT2D eigenvalue weighted by Crippen LogP contribution is 2.44. The van der Waals surface area contributed by atoms with Crippen molar-refractivity contribution < 1.29 is 0 Å². The number of hydrogen-bond donors (Lipinski definition) is 2. The largest absolute Gasteiger partial charge is 0.362 e. The molecule has 1 aromatic rings. The molecule has 2 bridgehead atoms. The van der Waals surface area contributed by atoms with E-state index in [9.17, 15) is 0 Å². The van der Waals surface area contributed by atoms with Gasteiger partial charge in [0.1, 0.15) is 0 Å². The van der Waals surface area contributed by atoms with Crippen LogP contribution in [0, 0.1) is 11.8 Å². The van der Waals surface area contributed by atoms with Gasteiger partial charge in [0, 0.05) is 22.6 Å². The van der Waals surface area contributed by atoms with Crippen molar-refractivity contribution in [1.82, 2.24) is 10.6 Å². The van der Waals surface area contributed by atoms with Crippen LogP contribution in [0.15, 0.2) is 18.2 Å². The third-order valence-electron chi connectivity index (χ3n) is 4.75. The first-order valence-corrected chi connectivity index (χ1v) is 8.76. The molecule has 3 rings (SSSR count). The van der Waals surface area contributed by atoms with Crippen LogP contribution in [0.25, 0.3) is 0 Å². The molecule has 0 heterocycles. The van der Waals surface area contributed by atoms with Crippen molar-refractivity contribution in [3.05, 3.63) is 33.8 Å². The summed E-state index contributed by atoms with van der Waals surface area (Å²) < 4.78 is 0. The quantitative estimate of drug-likeness (QED) is 0.802. The van der Waals surface area contributed by atoms with E-state index in [4.69, 9.17) is 35.4 Å². The monoisotopic (exact) mass is 342 g/mol. The molecule has 2 nitrogen and oxygen atoms in total. The van der Waals surface area contributed by atoms with Crippen LogP contribution in [0.1, 0.15) is 31.2 Å². The molecule has 114 valence electrons. The molecule has 2 saturated carbocycles. The second kappa shape index (κ2) is 6.72. The van der Waals surface area contributed by atoms with Gasteiger partial charge in [0.15, 0.2) is 5.11 Å². The molecular formula is C16H20Cl2N2S. The highest BCUT2D eigenvalue weighted by atomic mass is 35.5. The Kier molecular flexibility index (Phi) is 4.92. The Balaban J connectivity index is 1.42. The molecule has 2 aliphatic carbocycles. The molecule has 2 fully saturated rings. The van der Waals surface area contributed by atoms with Gasteiger partial charge in [-0.25, -0.2) is 0 Å². The summed E-state index contributed by atoms with van der Waals surface area (Å²) in [6.45, 7) is 0.786. The third kappa shape index (κ3) is 3.82. The highest BCUT2D eigenvalue weighted by Gasteiger charge is 2.39. The summed E-state index contributed by atoms with van der Waals surface area (Å²) in [5.74, 6) is 1.77. The summed E-state index contributed by atoms with van der Waals surface area (Å²) >= 11 is 17.5. The fourth-order valence-corrected chi connectivity index (χ4v) is 4.43. The number of rotatable bonds is 4. The fraction of sp³-hybridized carbons (Fsp3) is 0.562. The van der Waals surface area contributed by atoms with E-state index >= 15 is 0 Å². The van der Waals surface area contributed by atoms with Gasteiger partial charge in [-0.05, 0) is 67.4 Å². The van der Waals surface area contributed by atoms with Crippen molar-refractivity contribution in [2.75, 3.05) is 6.54 Å². The van der Waals surface area contributed by atoms with Crippen molar-refractivity contribution in [2.24, 2.45) is 11.8 Å². The van der Waals surface area contributed by atoms with Crippen LogP contribution in [0.5, 0.6) is 0 Å². The average Bonchev–Trinajstić information content (AvgIpc) is 3.03. The van der Waals surface area contributed by atoms with Gasteiger partial charge in [0.25, 0.3) is 0 Å². The zero-order valence-corrected chi connectivity index (χ0v) is 14.2. The van der Waals surface area contributed by atoms with Crippen molar-refractivity contribution in [2.45, 2.75) is 38.1 Å². The molecule has 0 spiro atoms. The van der Waals surface area contributed by atoms with Crippen LogP contribution in [-0.2, 0) is 6.42 Å². The van der Waals surface area contributed by atoms with Crippen LogP contribution >= 0.6 is 35.4 Å². The maximum Gasteiger partial charge on any atom is 0.166 e. The minimum absolute atomic E-state index is 0.586. The maximum atomic E-state index is 6.16. The molecule has 0 saturated heterocycles. The van der Waals surface area contributed by atoms with Crippen LogP contribution in [-0.4, -0.2) is 17.7 Å². The third-order valence-corrected chi connectivity index (χ3v) is 5.60. The van der Waals surface area contributed by atoms with E-state index in [0.717, 1.165) is 40.5 Å².